The minimum Gasteiger partial charge on any atom is -0.301 e. The molecule has 0 aromatic rings. The van der Waals surface area contributed by atoms with Gasteiger partial charge in [0.1, 0.15) is 0 Å². The van der Waals surface area contributed by atoms with Crippen LogP contribution in [0.2, 0.25) is 0 Å². The molecule has 1 saturated carbocycles. The van der Waals surface area contributed by atoms with E-state index in [9.17, 15) is 0 Å². The first kappa shape index (κ1) is 16.7. The van der Waals surface area contributed by atoms with E-state index in [-0.39, 0.29) is 0 Å². The third kappa shape index (κ3) is 3.85. The summed E-state index contributed by atoms with van der Waals surface area (Å²) in [5, 5.41) is 0. The summed E-state index contributed by atoms with van der Waals surface area (Å²) in [4.78, 5) is 8.23. The van der Waals surface area contributed by atoms with Crippen LogP contribution in [-0.2, 0) is 0 Å². The number of hydrogen-bond acceptors (Lipinski definition) is 3. The van der Waals surface area contributed by atoms with Crippen LogP contribution in [0.25, 0.3) is 0 Å². The van der Waals surface area contributed by atoms with Crippen LogP contribution in [-0.4, -0.2) is 72.1 Å². The zero-order chi connectivity index (χ0) is 15.6. The van der Waals surface area contributed by atoms with E-state index in [2.05, 4.69) is 35.5 Å². The van der Waals surface area contributed by atoms with Crippen LogP contribution in [0.5, 0.6) is 0 Å². The molecule has 3 aliphatic rings. The van der Waals surface area contributed by atoms with Gasteiger partial charge in [-0.15, -0.1) is 0 Å². The molecule has 3 heteroatoms. The maximum atomic E-state index is 2.80. The van der Waals surface area contributed by atoms with E-state index in [0.717, 1.165) is 12.0 Å². The van der Waals surface area contributed by atoms with Gasteiger partial charge in [0.15, 0.2) is 0 Å². The maximum Gasteiger partial charge on any atom is 0.0338 e. The number of hydrogen-bond donors (Lipinski definition) is 0. The molecule has 2 heterocycles. The molecule has 1 spiro atoms. The van der Waals surface area contributed by atoms with Crippen molar-refractivity contribution >= 4 is 0 Å². The second kappa shape index (κ2) is 7.19. The molecule has 3 rings (SSSR count). The molecule has 2 aliphatic heterocycles. The second-order valence-electron chi connectivity index (χ2n) is 8.35. The molecule has 22 heavy (non-hydrogen) atoms. The van der Waals surface area contributed by atoms with Crippen molar-refractivity contribution in [1.82, 2.24) is 14.7 Å². The molecular weight excluding hydrogens is 270 g/mol. The molecule has 0 N–H and O–H groups in total. The minimum absolute atomic E-state index is 0.606. The van der Waals surface area contributed by atoms with Crippen molar-refractivity contribution in [3.8, 4) is 0 Å². The van der Waals surface area contributed by atoms with E-state index in [4.69, 9.17) is 0 Å². The van der Waals surface area contributed by atoms with Crippen molar-refractivity contribution in [2.45, 2.75) is 70.9 Å². The Bertz CT molecular complexity index is 343. The molecule has 0 aromatic heterocycles. The lowest BCUT2D eigenvalue weighted by atomic mass is 9.92. The summed E-state index contributed by atoms with van der Waals surface area (Å²) in [5.74, 6) is 0.985. The predicted octanol–water partition coefficient (Wildman–Crippen LogP) is 3.06. The van der Waals surface area contributed by atoms with E-state index in [1.165, 1.54) is 84.3 Å². The van der Waals surface area contributed by atoms with Gasteiger partial charge in [0.25, 0.3) is 0 Å². The Kier molecular flexibility index (Phi) is 5.47. The Balaban J connectivity index is 1.38. The Morgan fingerprint density at radius 2 is 1.73 bits per heavy atom. The number of nitrogens with zero attached hydrogens (tertiary/aromatic N) is 3. The lowest BCUT2D eigenvalue weighted by molar-refractivity contribution is 0.0524. The normalized spacial score (nSPS) is 27.8. The van der Waals surface area contributed by atoms with Crippen LogP contribution in [0, 0.1) is 5.92 Å². The summed E-state index contributed by atoms with van der Waals surface area (Å²) < 4.78 is 0. The fraction of sp³-hybridized carbons (Fsp3) is 1.00. The van der Waals surface area contributed by atoms with Crippen molar-refractivity contribution in [2.75, 3.05) is 45.8 Å². The van der Waals surface area contributed by atoms with Gasteiger partial charge in [-0.1, -0.05) is 6.92 Å². The summed E-state index contributed by atoms with van der Waals surface area (Å²) in [6.45, 7) is 16.3. The molecule has 0 aromatic carbocycles. The molecule has 3 fully saturated rings. The summed E-state index contributed by atoms with van der Waals surface area (Å²) in [7, 11) is 0. The molecule has 3 nitrogen and oxygen atoms in total. The van der Waals surface area contributed by atoms with Gasteiger partial charge in [-0.25, -0.2) is 0 Å². The first-order chi connectivity index (χ1) is 10.6. The lowest BCUT2D eigenvalue weighted by Crippen LogP contribution is -2.55. The van der Waals surface area contributed by atoms with Crippen LogP contribution in [0.15, 0.2) is 0 Å². The van der Waals surface area contributed by atoms with Gasteiger partial charge in [-0.05, 0) is 84.5 Å². The first-order valence-corrected chi connectivity index (χ1v) is 9.84. The molecule has 1 aliphatic carbocycles. The van der Waals surface area contributed by atoms with Gasteiger partial charge in [0.2, 0.25) is 0 Å². The highest BCUT2D eigenvalue weighted by Gasteiger charge is 2.50. The van der Waals surface area contributed by atoms with Gasteiger partial charge in [0.05, 0.1) is 0 Å². The monoisotopic (exact) mass is 307 g/mol. The standard InChI is InChI=1S/C19H37N3/c1-4-10-22-15-14-20(16-19(22)8-9-19)11-5-18-6-12-21(13-7-18)17(2)3/h17-18H,4-16H2,1-3H3. The highest BCUT2D eigenvalue weighted by Crippen LogP contribution is 2.44. The third-order valence-corrected chi connectivity index (χ3v) is 6.43. The average molecular weight is 308 g/mol. The summed E-state index contributed by atoms with van der Waals surface area (Å²) >= 11 is 0. The fourth-order valence-electron chi connectivity index (χ4n) is 4.65. The SMILES string of the molecule is CCCN1CCN(CCC2CCN(C(C)C)CC2)CC12CC2. The number of piperidine rings is 1. The molecule has 128 valence electrons. The quantitative estimate of drug-likeness (QED) is 0.747. The summed E-state index contributed by atoms with van der Waals surface area (Å²) in [6.07, 6.45) is 8.52. The van der Waals surface area contributed by atoms with Gasteiger partial charge >= 0.3 is 0 Å². The lowest BCUT2D eigenvalue weighted by Gasteiger charge is -2.43. The summed E-state index contributed by atoms with van der Waals surface area (Å²) in [5.41, 5.74) is 0.606. The fourth-order valence-corrected chi connectivity index (χ4v) is 4.65. The molecule has 2 saturated heterocycles. The van der Waals surface area contributed by atoms with Crippen molar-refractivity contribution in [3.63, 3.8) is 0 Å². The van der Waals surface area contributed by atoms with Gasteiger partial charge in [0, 0.05) is 31.2 Å². The van der Waals surface area contributed by atoms with Crippen LogP contribution in [0.4, 0.5) is 0 Å². The molecule has 0 atom stereocenters. The molecule has 0 amide bonds. The maximum absolute atomic E-state index is 2.80. The van der Waals surface area contributed by atoms with Crippen LogP contribution >= 0.6 is 0 Å². The van der Waals surface area contributed by atoms with Crippen molar-refractivity contribution < 1.29 is 0 Å². The predicted molar refractivity (Wildman–Crippen MR) is 94.3 cm³/mol. The number of likely N-dealkylation sites (tertiary alicyclic amines) is 1. The third-order valence-electron chi connectivity index (χ3n) is 6.43. The second-order valence-corrected chi connectivity index (χ2v) is 8.35. The zero-order valence-corrected chi connectivity index (χ0v) is 15.2. The first-order valence-electron chi connectivity index (χ1n) is 9.84. The van der Waals surface area contributed by atoms with Gasteiger partial charge in [-0.2, -0.15) is 0 Å². The topological polar surface area (TPSA) is 9.72 Å². The van der Waals surface area contributed by atoms with Gasteiger partial charge in [-0.3, -0.25) is 4.90 Å². The highest BCUT2D eigenvalue weighted by molar-refractivity contribution is 5.08. The van der Waals surface area contributed by atoms with Crippen LogP contribution in [0.3, 0.4) is 0 Å². The average Bonchev–Trinajstić information content (AvgIpc) is 3.28. The zero-order valence-electron chi connectivity index (χ0n) is 15.2. The number of rotatable bonds is 6. The smallest absolute Gasteiger partial charge is 0.0338 e. The van der Waals surface area contributed by atoms with Crippen molar-refractivity contribution in [3.05, 3.63) is 0 Å². The Morgan fingerprint density at radius 1 is 1.00 bits per heavy atom. The van der Waals surface area contributed by atoms with Crippen molar-refractivity contribution in [2.24, 2.45) is 5.92 Å². The molecular formula is C19H37N3. The summed E-state index contributed by atoms with van der Waals surface area (Å²) in [6, 6.07) is 0.738. The van der Waals surface area contributed by atoms with Crippen molar-refractivity contribution in [1.29, 1.82) is 0 Å². The van der Waals surface area contributed by atoms with Crippen LogP contribution in [0.1, 0.15) is 59.3 Å². The van der Waals surface area contributed by atoms with Crippen LogP contribution < -0.4 is 0 Å². The van der Waals surface area contributed by atoms with E-state index in [1.807, 2.05) is 0 Å². The highest BCUT2D eigenvalue weighted by atomic mass is 15.3. The van der Waals surface area contributed by atoms with Gasteiger partial charge < -0.3 is 9.80 Å². The number of piperazine rings is 1. The Hall–Kier alpha value is -0.120. The Labute approximate surface area is 138 Å². The molecule has 0 unspecified atom stereocenters. The molecule has 0 bridgehead atoms. The largest absolute Gasteiger partial charge is 0.301 e. The van der Waals surface area contributed by atoms with E-state index >= 15 is 0 Å². The van der Waals surface area contributed by atoms with E-state index in [1.54, 1.807) is 0 Å². The molecule has 0 radical (unpaired) electrons. The minimum atomic E-state index is 0.606. The Morgan fingerprint density at radius 3 is 2.32 bits per heavy atom. The van der Waals surface area contributed by atoms with E-state index in [0.29, 0.717) is 5.54 Å². The van der Waals surface area contributed by atoms with E-state index < -0.39 is 0 Å².